The van der Waals surface area contributed by atoms with Crippen molar-refractivity contribution in [3.63, 3.8) is 0 Å². The molecule has 31 heavy (non-hydrogen) atoms. The fourth-order valence-corrected chi connectivity index (χ4v) is 6.06. The van der Waals surface area contributed by atoms with Crippen LogP contribution in [0, 0.1) is 18.3 Å². The van der Waals surface area contributed by atoms with Crippen molar-refractivity contribution in [1.29, 1.82) is 0 Å². The Kier molecular flexibility index (Phi) is 7.68. The number of rotatable bonds is 7. The Morgan fingerprint density at radius 2 is 1.94 bits per heavy atom. The standard InChI is InChI=1S/C26H41N3O2/c1-3-28-14-11-23-19-24(29-15-17-31-18-16-29)10-12-26(23,20-28)25(30)27-13-4-5-22-8-6-21(2)7-9-22/h6-9,23-24H,3-5,10-20H2,1-2H3,(H,27,30)/t23-,24+,26-/m1/s1. The summed E-state index contributed by atoms with van der Waals surface area (Å²) >= 11 is 0. The van der Waals surface area contributed by atoms with Gasteiger partial charge >= 0.3 is 0 Å². The Bertz CT molecular complexity index is 716. The number of hydrogen-bond acceptors (Lipinski definition) is 4. The molecule has 1 aliphatic carbocycles. The Morgan fingerprint density at radius 1 is 1.16 bits per heavy atom. The van der Waals surface area contributed by atoms with Gasteiger partial charge in [0.15, 0.2) is 0 Å². The van der Waals surface area contributed by atoms with E-state index in [1.807, 2.05) is 0 Å². The van der Waals surface area contributed by atoms with Gasteiger partial charge in [-0.3, -0.25) is 9.69 Å². The van der Waals surface area contributed by atoms with Gasteiger partial charge in [0, 0.05) is 32.2 Å². The van der Waals surface area contributed by atoms with Crippen LogP contribution in [-0.4, -0.2) is 74.2 Å². The van der Waals surface area contributed by atoms with E-state index in [-0.39, 0.29) is 5.41 Å². The van der Waals surface area contributed by atoms with Crippen LogP contribution in [0.1, 0.15) is 50.2 Å². The molecule has 0 spiro atoms. The third-order valence-corrected chi connectivity index (χ3v) is 8.07. The van der Waals surface area contributed by atoms with Crippen molar-refractivity contribution in [3.8, 4) is 0 Å². The van der Waals surface area contributed by atoms with Crippen molar-refractivity contribution < 1.29 is 9.53 Å². The van der Waals surface area contributed by atoms with Crippen molar-refractivity contribution in [2.45, 2.75) is 58.4 Å². The van der Waals surface area contributed by atoms with E-state index in [0.29, 0.717) is 17.9 Å². The highest BCUT2D eigenvalue weighted by molar-refractivity contribution is 5.83. The maximum absolute atomic E-state index is 13.6. The molecule has 1 saturated carbocycles. The molecule has 1 aromatic carbocycles. The van der Waals surface area contributed by atoms with E-state index >= 15 is 0 Å². The highest BCUT2D eigenvalue weighted by atomic mass is 16.5. The van der Waals surface area contributed by atoms with Crippen molar-refractivity contribution in [1.82, 2.24) is 15.1 Å². The van der Waals surface area contributed by atoms with Crippen molar-refractivity contribution in [2.75, 3.05) is 52.5 Å². The number of likely N-dealkylation sites (tertiary alicyclic amines) is 1. The van der Waals surface area contributed by atoms with Gasteiger partial charge in [-0.05, 0) is 70.0 Å². The SMILES string of the molecule is CCN1CC[C@@H]2C[C@@H](N3CCOCC3)CC[C@@]2(C(=O)NCCCc2ccc(C)cc2)C1. The Morgan fingerprint density at radius 3 is 2.68 bits per heavy atom. The lowest BCUT2D eigenvalue weighted by Gasteiger charge is -2.53. The number of nitrogens with one attached hydrogen (secondary N) is 1. The summed E-state index contributed by atoms with van der Waals surface area (Å²) in [5.74, 6) is 0.828. The molecule has 0 aromatic heterocycles. The van der Waals surface area contributed by atoms with E-state index in [4.69, 9.17) is 4.74 Å². The topological polar surface area (TPSA) is 44.8 Å². The number of carbonyl (C=O) groups is 1. The fraction of sp³-hybridized carbons (Fsp3) is 0.731. The highest BCUT2D eigenvalue weighted by Gasteiger charge is 2.52. The number of carbonyl (C=O) groups excluding carboxylic acids is 1. The first-order valence-corrected chi connectivity index (χ1v) is 12.5. The highest BCUT2D eigenvalue weighted by Crippen LogP contribution is 2.47. The molecule has 3 aliphatic rings. The van der Waals surface area contributed by atoms with Gasteiger partial charge < -0.3 is 15.0 Å². The molecule has 2 heterocycles. The molecule has 5 heteroatoms. The van der Waals surface area contributed by atoms with Crippen molar-refractivity contribution in [3.05, 3.63) is 35.4 Å². The zero-order chi connectivity index (χ0) is 21.7. The summed E-state index contributed by atoms with van der Waals surface area (Å²) in [6.07, 6.45) is 6.53. The lowest BCUT2D eigenvalue weighted by atomic mass is 9.61. The van der Waals surface area contributed by atoms with E-state index in [1.165, 1.54) is 17.5 Å². The van der Waals surface area contributed by atoms with Crippen LogP contribution in [0.3, 0.4) is 0 Å². The number of amides is 1. The summed E-state index contributed by atoms with van der Waals surface area (Å²) in [4.78, 5) is 18.7. The number of hydrogen-bond donors (Lipinski definition) is 1. The third kappa shape index (κ3) is 5.32. The number of benzene rings is 1. The van der Waals surface area contributed by atoms with Gasteiger partial charge in [-0.25, -0.2) is 0 Å². The van der Waals surface area contributed by atoms with Crippen molar-refractivity contribution in [2.24, 2.45) is 11.3 Å². The minimum Gasteiger partial charge on any atom is -0.379 e. The molecule has 1 aromatic rings. The predicted molar refractivity (Wildman–Crippen MR) is 125 cm³/mol. The average molecular weight is 428 g/mol. The first-order valence-electron chi connectivity index (χ1n) is 12.5. The lowest BCUT2D eigenvalue weighted by Crippen LogP contribution is -2.60. The molecule has 172 valence electrons. The smallest absolute Gasteiger partial charge is 0.227 e. The van der Waals surface area contributed by atoms with Gasteiger partial charge in [-0.15, -0.1) is 0 Å². The van der Waals surface area contributed by atoms with Gasteiger partial charge in [0.05, 0.1) is 18.6 Å². The molecule has 1 N–H and O–H groups in total. The van der Waals surface area contributed by atoms with E-state index in [2.05, 4.69) is 53.2 Å². The van der Waals surface area contributed by atoms with E-state index in [0.717, 1.165) is 84.6 Å². The largest absolute Gasteiger partial charge is 0.379 e. The fourth-order valence-electron chi connectivity index (χ4n) is 6.06. The molecule has 0 unspecified atom stereocenters. The quantitative estimate of drug-likeness (QED) is 0.679. The number of ether oxygens (including phenoxy) is 1. The molecular weight excluding hydrogens is 386 g/mol. The molecule has 5 nitrogen and oxygen atoms in total. The summed E-state index contributed by atoms with van der Waals surface area (Å²) in [5.41, 5.74) is 2.46. The van der Waals surface area contributed by atoms with Gasteiger partial charge in [0.2, 0.25) is 5.91 Å². The Labute approximate surface area is 188 Å². The second kappa shape index (κ2) is 10.5. The van der Waals surface area contributed by atoms with Crippen LogP contribution >= 0.6 is 0 Å². The summed E-state index contributed by atoms with van der Waals surface area (Å²) < 4.78 is 5.56. The van der Waals surface area contributed by atoms with Crippen LogP contribution in [0.5, 0.6) is 0 Å². The summed E-state index contributed by atoms with van der Waals surface area (Å²) in [6.45, 7) is 12.1. The van der Waals surface area contributed by atoms with Gasteiger partial charge in [-0.2, -0.15) is 0 Å². The van der Waals surface area contributed by atoms with E-state index in [9.17, 15) is 4.79 Å². The number of morpholine rings is 1. The molecule has 3 fully saturated rings. The minimum atomic E-state index is -0.194. The van der Waals surface area contributed by atoms with Crippen LogP contribution in [0.25, 0.3) is 0 Å². The van der Waals surface area contributed by atoms with Crippen LogP contribution < -0.4 is 5.32 Å². The Hall–Kier alpha value is -1.43. The second-order valence-electron chi connectivity index (χ2n) is 9.93. The summed E-state index contributed by atoms with van der Waals surface area (Å²) in [5, 5.41) is 3.36. The first kappa shape index (κ1) is 22.8. The van der Waals surface area contributed by atoms with Crippen LogP contribution in [-0.2, 0) is 16.0 Å². The van der Waals surface area contributed by atoms with Gasteiger partial charge in [-0.1, -0.05) is 36.8 Å². The lowest BCUT2D eigenvalue weighted by molar-refractivity contribution is -0.144. The van der Waals surface area contributed by atoms with Crippen LogP contribution in [0.4, 0.5) is 0 Å². The normalized spacial score (nSPS) is 30.0. The Balaban J connectivity index is 1.35. The molecule has 2 aliphatic heterocycles. The molecule has 0 bridgehead atoms. The number of aryl methyl sites for hydroxylation is 2. The predicted octanol–water partition coefficient (Wildman–Crippen LogP) is 3.26. The van der Waals surface area contributed by atoms with Crippen molar-refractivity contribution >= 4 is 5.91 Å². The van der Waals surface area contributed by atoms with Gasteiger partial charge in [0.25, 0.3) is 0 Å². The monoisotopic (exact) mass is 427 g/mol. The second-order valence-corrected chi connectivity index (χ2v) is 9.93. The molecule has 1 amide bonds. The molecule has 3 atom stereocenters. The molecule has 2 saturated heterocycles. The molecule has 0 radical (unpaired) electrons. The van der Waals surface area contributed by atoms with Crippen LogP contribution in [0.15, 0.2) is 24.3 Å². The third-order valence-electron chi connectivity index (χ3n) is 8.07. The maximum atomic E-state index is 13.6. The zero-order valence-corrected chi connectivity index (χ0v) is 19.6. The molecular formula is C26H41N3O2. The number of nitrogens with zero attached hydrogens (tertiary/aromatic N) is 2. The van der Waals surface area contributed by atoms with Crippen LogP contribution in [0.2, 0.25) is 0 Å². The summed E-state index contributed by atoms with van der Waals surface area (Å²) in [6, 6.07) is 9.39. The zero-order valence-electron chi connectivity index (χ0n) is 19.6. The summed E-state index contributed by atoms with van der Waals surface area (Å²) in [7, 11) is 0. The maximum Gasteiger partial charge on any atom is 0.227 e. The number of fused-ring (bicyclic) bond motifs is 1. The number of piperidine rings is 1. The average Bonchev–Trinajstić information content (AvgIpc) is 2.82. The first-order chi connectivity index (χ1) is 15.1. The van der Waals surface area contributed by atoms with E-state index < -0.39 is 0 Å². The van der Waals surface area contributed by atoms with E-state index in [1.54, 1.807) is 0 Å². The molecule has 4 rings (SSSR count). The van der Waals surface area contributed by atoms with Gasteiger partial charge in [0.1, 0.15) is 0 Å². The minimum absolute atomic E-state index is 0.194.